The molecular weight excluding hydrogens is 365 g/mol. The molecule has 0 saturated carbocycles. The Balaban J connectivity index is 1.96. The van der Waals surface area contributed by atoms with Crippen LogP contribution in [0.1, 0.15) is 51.0 Å². The third-order valence-electron chi connectivity index (χ3n) is 3.73. The number of alkyl halides is 1. The molecule has 140 valence electrons. The number of rotatable bonds is 7. The molecule has 2 unspecified atom stereocenters. The smallest absolute Gasteiger partial charge is 0.144 e. The summed E-state index contributed by atoms with van der Waals surface area (Å²) in [5.74, 6) is 0.241. The predicted octanol–water partition coefficient (Wildman–Crippen LogP) is 4.59. The highest BCUT2D eigenvalue weighted by Crippen LogP contribution is 2.34. The van der Waals surface area contributed by atoms with E-state index in [4.69, 9.17) is 21.1 Å². The average molecular weight is 390 g/mol. The maximum absolute atomic E-state index is 13.6. The third kappa shape index (κ3) is 6.44. The largest absolute Gasteiger partial charge is 0.591 e. The van der Waals surface area contributed by atoms with Crippen LogP contribution in [0.3, 0.4) is 0 Å². The summed E-state index contributed by atoms with van der Waals surface area (Å²) in [6.45, 7) is 6.82. The molecule has 1 fully saturated rings. The predicted molar refractivity (Wildman–Crippen MR) is 100 cm³/mol. The van der Waals surface area contributed by atoms with Gasteiger partial charge in [0.1, 0.15) is 33.8 Å². The lowest BCUT2D eigenvalue weighted by Crippen LogP contribution is -2.25. The molecule has 1 aliphatic rings. The SMILES string of the molecule is CC(C)(C)[S+]([O-])/N=C\CCC(Cl)c1cc(F)ccc1O[C@@H]1CCOC1. The number of hydrogen-bond donors (Lipinski definition) is 0. The number of ether oxygens (including phenoxy) is 2. The van der Waals surface area contributed by atoms with Gasteiger partial charge in [-0.15, -0.1) is 11.6 Å². The van der Waals surface area contributed by atoms with E-state index in [1.54, 1.807) is 12.3 Å². The van der Waals surface area contributed by atoms with Gasteiger partial charge >= 0.3 is 0 Å². The summed E-state index contributed by atoms with van der Waals surface area (Å²) in [7, 11) is 0. The van der Waals surface area contributed by atoms with Crippen molar-refractivity contribution in [2.24, 2.45) is 4.40 Å². The van der Waals surface area contributed by atoms with E-state index in [9.17, 15) is 8.94 Å². The molecule has 1 heterocycles. The van der Waals surface area contributed by atoms with Gasteiger partial charge in [-0.2, -0.15) is 0 Å². The molecule has 7 heteroatoms. The fourth-order valence-electron chi connectivity index (χ4n) is 2.31. The summed E-state index contributed by atoms with van der Waals surface area (Å²) >= 11 is 5.18. The first-order chi connectivity index (χ1) is 11.8. The van der Waals surface area contributed by atoms with Gasteiger partial charge in [-0.1, -0.05) is 4.40 Å². The van der Waals surface area contributed by atoms with Crippen molar-refractivity contribution in [2.75, 3.05) is 13.2 Å². The van der Waals surface area contributed by atoms with Crippen molar-refractivity contribution in [3.63, 3.8) is 0 Å². The Morgan fingerprint density at radius 1 is 1.52 bits per heavy atom. The van der Waals surface area contributed by atoms with Gasteiger partial charge in [0.2, 0.25) is 0 Å². The molecule has 0 spiro atoms. The van der Waals surface area contributed by atoms with Gasteiger partial charge in [-0.3, -0.25) is 0 Å². The zero-order valence-electron chi connectivity index (χ0n) is 14.8. The van der Waals surface area contributed by atoms with Crippen molar-refractivity contribution < 1.29 is 18.4 Å². The molecule has 2 rings (SSSR count). The lowest BCUT2D eigenvalue weighted by atomic mass is 10.1. The molecule has 0 radical (unpaired) electrons. The molecule has 1 saturated heterocycles. The topological polar surface area (TPSA) is 53.9 Å². The second-order valence-corrected chi connectivity index (χ2v) is 9.44. The Bertz CT molecular complexity index is 588. The summed E-state index contributed by atoms with van der Waals surface area (Å²) in [4.78, 5) is 0. The van der Waals surface area contributed by atoms with Gasteiger partial charge in [0.25, 0.3) is 0 Å². The van der Waals surface area contributed by atoms with Crippen LogP contribution in [0.25, 0.3) is 0 Å². The van der Waals surface area contributed by atoms with E-state index in [2.05, 4.69) is 4.40 Å². The van der Waals surface area contributed by atoms with E-state index in [0.29, 0.717) is 37.4 Å². The molecule has 0 aliphatic carbocycles. The number of halogens is 2. The lowest BCUT2D eigenvalue weighted by Gasteiger charge is -2.19. The van der Waals surface area contributed by atoms with Crippen molar-refractivity contribution in [1.82, 2.24) is 0 Å². The zero-order chi connectivity index (χ0) is 18.4. The summed E-state index contributed by atoms with van der Waals surface area (Å²) in [6.07, 6.45) is 3.52. The molecule has 1 aromatic rings. The normalized spacial score (nSPS) is 20.8. The minimum Gasteiger partial charge on any atom is -0.591 e. The number of hydrogen-bond acceptors (Lipinski definition) is 4. The highest BCUT2D eigenvalue weighted by atomic mass is 35.5. The maximum atomic E-state index is 13.6. The highest BCUT2D eigenvalue weighted by Gasteiger charge is 2.26. The lowest BCUT2D eigenvalue weighted by molar-refractivity contribution is 0.140. The van der Waals surface area contributed by atoms with Crippen molar-refractivity contribution in [3.05, 3.63) is 29.6 Å². The standard InChI is InChI=1S/C18H25ClFNO3S/c1-18(2,3)25(22)21-9-4-5-16(19)15-11-13(20)6-7-17(15)24-14-8-10-23-12-14/h6-7,9,11,14,16H,4-5,8,10,12H2,1-3H3/b21-9-/t14-,16?,25?/m1/s1. The molecule has 1 aromatic carbocycles. The van der Waals surface area contributed by atoms with E-state index < -0.39 is 16.7 Å². The minimum atomic E-state index is -1.28. The van der Waals surface area contributed by atoms with E-state index in [-0.39, 0.29) is 16.7 Å². The van der Waals surface area contributed by atoms with E-state index in [1.807, 2.05) is 20.8 Å². The van der Waals surface area contributed by atoms with Crippen molar-refractivity contribution in [2.45, 2.75) is 56.3 Å². The molecule has 25 heavy (non-hydrogen) atoms. The van der Waals surface area contributed by atoms with Crippen LogP contribution in [0.15, 0.2) is 22.6 Å². The van der Waals surface area contributed by atoms with Gasteiger partial charge < -0.3 is 14.0 Å². The van der Waals surface area contributed by atoms with Crippen LogP contribution in [0.4, 0.5) is 4.39 Å². The molecule has 4 nitrogen and oxygen atoms in total. The first kappa shape index (κ1) is 20.5. The fraction of sp³-hybridized carbons (Fsp3) is 0.611. The van der Waals surface area contributed by atoms with Crippen LogP contribution in [0.5, 0.6) is 5.75 Å². The highest BCUT2D eigenvalue weighted by molar-refractivity contribution is 7.91. The van der Waals surface area contributed by atoms with Crippen molar-refractivity contribution in [3.8, 4) is 5.75 Å². The molecule has 0 amide bonds. The number of nitrogens with zero attached hydrogens (tertiary/aromatic N) is 1. The Labute approximate surface area is 157 Å². The van der Waals surface area contributed by atoms with E-state index >= 15 is 0 Å². The van der Waals surface area contributed by atoms with Crippen LogP contribution in [0, 0.1) is 5.82 Å². The summed E-state index contributed by atoms with van der Waals surface area (Å²) in [5.41, 5.74) is 0.624. The first-order valence-electron chi connectivity index (χ1n) is 8.40. The zero-order valence-corrected chi connectivity index (χ0v) is 16.4. The molecule has 0 N–H and O–H groups in total. The third-order valence-corrected chi connectivity index (χ3v) is 5.58. The van der Waals surface area contributed by atoms with E-state index in [1.165, 1.54) is 12.1 Å². The Kier molecular flexibility index (Phi) is 7.55. The van der Waals surface area contributed by atoms with Crippen molar-refractivity contribution >= 4 is 29.2 Å². The maximum Gasteiger partial charge on any atom is 0.144 e. The quantitative estimate of drug-likeness (QED) is 0.389. The van der Waals surface area contributed by atoms with Gasteiger partial charge in [0.15, 0.2) is 0 Å². The van der Waals surface area contributed by atoms with Gasteiger partial charge in [0.05, 0.1) is 24.8 Å². The van der Waals surface area contributed by atoms with Crippen LogP contribution in [0.2, 0.25) is 0 Å². The average Bonchev–Trinajstić information content (AvgIpc) is 3.05. The Hall–Kier alpha value is -0.820. The van der Waals surface area contributed by atoms with Crippen LogP contribution >= 0.6 is 11.6 Å². The summed E-state index contributed by atoms with van der Waals surface area (Å²) in [5, 5.41) is -0.414. The van der Waals surface area contributed by atoms with Crippen molar-refractivity contribution in [1.29, 1.82) is 0 Å². The molecule has 3 atom stereocenters. The molecule has 0 bridgehead atoms. The molecular formula is C18H25ClFNO3S. The van der Waals surface area contributed by atoms with Crippen LogP contribution in [-0.4, -0.2) is 34.8 Å². The second-order valence-electron chi connectivity index (χ2n) is 6.98. The van der Waals surface area contributed by atoms with E-state index in [0.717, 1.165) is 6.42 Å². The van der Waals surface area contributed by atoms with Gasteiger partial charge in [-0.25, -0.2) is 4.39 Å². The molecule has 0 aromatic heterocycles. The van der Waals surface area contributed by atoms with Crippen LogP contribution < -0.4 is 4.74 Å². The van der Waals surface area contributed by atoms with Crippen LogP contribution in [-0.2, 0) is 16.1 Å². The first-order valence-corrected chi connectivity index (χ1v) is 9.94. The summed E-state index contributed by atoms with van der Waals surface area (Å²) < 4.78 is 40.4. The van der Waals surface area contributed by atoms with Gasteiger partial charge in [0, 0.05) is 12.0 Å². The summed E-state index contributed by atoms with van der Waals surface area (Å²) in [6, 6.07) is 4.39. The minimum absolute atomic E-state index is 0.0242. The fourth-order valence-corrected chi connectivity index (χ4v) is 3.17. The monoisotopic (exact) mass is 389 g/mol. The molecule has 1 aliphatic heterocycles. The Morgan fingerprint density at radius 3 is 2.92 bits per heavy atom. The van der Waals surface area contributed by atoms with Gasteiger partial charge in [-0.05, 0) is 51.8 Å². The second kappa shape index (κ2) is 9.21. The number of benzene rings is 1. The Morgan fingerprint density at radius 2 is 2.28 bits per heavy atom.